The van der Waals surface area contributed by atoms with Gasteiger partial charge in [0.15, 0.2) is 0 Å². The summed E-state index contributed by atoms with van der Waals surface area (Å²) in [5.41, 5.74) is 2.65. The number of carboxylic acid groups (broad SMARTS) is 1. The number of benzene rings is 3. The van der Waals surface area contributed by atoms with Gasteiger partial charge in [0.2, 0.25) is 5.96 Å². The van der Waals surface area contributed by atoms with Crippen molar-refractivity contribution < 1.29 is 23.1 Å². The molecule has 2 heterocycles. The lowest BCUT2D eigenvalue weighted by atomic mass is 9.96. The highest BCUT2D eigenvalue weighted by Crippen LogP contribution is 2.42. The van der Waals surface area contributed by atoms with Crippen LogP contribution in [0, 0.1) is 24.4 Å². The van der Waals surface area contributed by atoms with E-state index in [1.165, 1.54) is 36.4 Å². The van der Waals surface area contributed by atoms with E-state index in [-0.39, 0.29) is 17.9 Å². The highest BCUT2D eigenvalue weighted by atomic mass is 19.1. The van der Waals surface area contributed by atoms with Crippen molar-refractivity contribution in [2.24, 2.45) is 4.99 Å². The predicted molar refractivity (Wildman–Crippen MR) is 132 cm³/mol. The average molecular weight is 495 g/mol. The van der Waals surface area contributed by atoms with Crippen molar-refractivity contribution in [3.05, 3.63) is 89.2 Å². The Balaban J connectivity index is 1.56. The third-order valence-corrected chi connectivity index (χ3v) is 6.67. The SMILES string of the molecule is Cc1ccc(F)cc1N1C(N2CCN(c3ccc(F)cc3)CC2)=Nc2c(F)cccc2C1CC(=O)O. The van der Waals surface area contributed by atoms with Gasteiger partial charge in [0.25, 0.3) is 0 Å². The molecule has 0 radical (unpaired) electrons. The van der Waals surface area contributed by atoms with Crippen molar-refractivity contribution in [1.82, 2.24) is 4.90 Å². The lowest BCUT2D eigenvalue weighted by Crippen LogP contribution is -2.55. The largest absolute Gasteiger partial charge is 0.481 e. The monoisotopic (exact) mass is 494 g/mol. The van der Waals surface area contributed by atoms with Gasteiger partial charge in [0, 0.05) is 37.4 Å². The minimum atomic E-state index is -1.06. The fourth-order valence-corrected chi connectivity index (χ4v) is 4.88. The first-order valence-corrected chi connectivity index (χ1v) is 11.7. The molecule has 1 N–H and O–H groups in total. The maximum Gasteiger partial charge on any atom is 0.305 e. The Labute approximate surface area is 206 Å². The molecular weight excluding hydrogens is 469 g/mol. The van der Waals surface area contributed by atoms with Crippen LogP contribution in [0.15, 0.2) is 65.7 Å². The predicted octanol–water partition coefficient (Wildman–Crippen LogP) is 5.26. The van der Waals surface area contributed by atoms with Gasteiger partial charge >= 0.3 is 5.97 Å². The van der Waals surface area contributed by atoms with Crippen LogP contribution in [0.4, 0.5) is 30.2 Å². The van der Waals surface area contributed by atoms with E-state index in [0.29, 0.717) is 43.4 Å². The lowest BCUT2D eigenvalue weighted by Gasteiger charge is -2.45. The molecule has 36 heavy (non-hydrogen) atoms. The average Bonchev–Trinajstić information content (AvgIpc) is 2.86. The van der Waals surface area contributed by atoms with Crippen molar-refractivity contribution in [2.75, 3.05) is 36.0 Å². The first-order chi connectivity index (χ1) is 17.3. The number of nitrogens with zero attached hydrogens (tertiary/aromatic N) is 4. The molecule has 0 spiro atoms. The number of guanidine groups is 1. The van der Waals surface area contributed by atoms with Crippen LogP contribution in [0.25, 0.3) is 0 Å². The number of aliphatic carboxylic acids is 1. The summed E-state index contributed by atoms with van der Waals surface area (Å²) in [4.78, 5) is 22.4. The molecule has 0 bridgehead atoms. The number of carbonyl (C=O) groups is 1. The second-order valence-electron chi connectivity index (χ2n) is 8.95. The van der Waals surface area contributed by atoms with Gasteiger partial charge in [-0.25, -0.2) is 18.2 Å². The molecule has 186 valence electrons. The summed E-state index contributed by atoms with van der Waals surface area (Å²) in [5.74, 6) is -1.99. The summed E-state index contributed by atoms with van der Waals surface area (Å²) in [6, 6.07) is 14.3. The minimum Gasteiger partial charge on any atom is -0.481 e. The van der Waals surface area contributed by atoms with E-state index in [9.17, 15) is 23.1 Å². The smallest absolute Gasteiger partial charge is 0.305 e. The Morgan fingerprint density at radius 3 is 2.31 bits per heavy atom. The number of para-hydroxylation sites is 1. The zero-order chi connectivity index (χ0) is 25.4. The summed E-state index contributed by atoms with van der Waals surface area (Å²) >= 11 is 0. The molecule has 0 amide bonds. The highest BCUT2D eigenvalue weighted by molar-refractivity contribution is 6.01. The zero-order valence-electron chi connectivity index (χ0n) is 19.7. The van der Waals surface area contributed by atoms with Gasteiger partial charge in [-0.05, 0) is 55.0 Å². The quantitative estimate of drug-likeness (QED) is 0.536. The second-order valence-corrected chi connectivity index (χ2v) is 8.95. The zero-order valence-corrected chi connectivity index (χ0v) is 19.7. The summed E-state index contributed by atoms with van der Waals surface area (Å²) in [6.07, 6.45) is -0.318. The van der Waals surface area contributed by atoms with E-state index in [0.717, 1.165) is 11.3 Å². The topological polar surface area (TPSA) is 59.4 Å². The molecular formula is C27H25F3N4O2. The summed E-state index contributed by atoms with van der Waals surface area (Å²) < 4.78 is 42.7. The van der Waals surface area contributed by atoms with Crippen LogP contribution >= 0.6 is 0 Å². The molecule has 3 aromatic rings. The number of anilines is 2. The molecule has 1 atom stereocenters. The molecule has 1 unspecified atom stereocenters. The van der Waals surface area contributed by atoms with Crippen molar-refractivity contribution in [3.63, 3.8) is 0 Å². The van der Waals surface area contributed by atoms with Crippen LogP contribution in [-0.4, -0.2) is 48.1 Å². The van der Waals surface area contributed by atoms with Gasteiger partial charge in [0.1, 0.15) is 23.1 Å². The van der Waals surface area contributed by atoms with Gasteiger partial charge in [-0.15, -0.1) is 0 Å². The minimum absolute atomic E-state index is 0.102. The van der Waals surface area contributed by atoms with Gasteiger partial charge < -0.3 is 19.8 Å². The number of halogens is 3. The second kappa shape index (κ2) is 9.56. The molecule has 5 rings (SSSR count). The number of carboxylic acids is 1. The summed E-state index contributed by atoms with van der Waals surface area (Å²) in [5, 5.41) is 9.74. The first-order valence-electron chi connectivity index (χ1n) is 11.7. The van der Waals surface area contributed by atoms with Crippen molar-refractivity contribution >= 4 is 29.0 Å². The van der Waals surface area contributed by atoms with Gasteiger partial charge in [-0.1, -0.05) is 18.2 Å². The van der Waals surface area contributed by atoms with E-state index >= 15 is 0 Å². The number of hydrogen-bond acceptors (Lipinski definition) is 5. The van der Waals surface area contributed by atoms with Gasteiger partial charge in [-0.3, -0.25) is 4.79 Å². The standard InChI is InChI=1S/C27H25F3N4O2/c1-17-5-6-19(29)15-23(17)34-24(16-25(35)36)21-3-2-4-22(30)26(21)31-27(34)33-13-11-32(12-14-33)20-9-7-18(28)8-10-20/h2-10,15,24H,11-14,16H2,1H3,(H,35,36). The van der Waals surface area contributed by atoms with Gasteiger partial charge in [0.05, 0.1) is 18.2 Å². The number of aliphatic imine (C=N–C) groups is 1. The van der Waals surface area contributed by atoms with E-state index in [1.807, 2.05) is 11.8 Å². The molecule has 1 saturated heterocycles. The van der Waals surface area contributed by atoms with Crippen LogP contribution in [-0.2, 0) is 4.79 Å². The van der Waals surface area contributed by atoms with Crippen LogP contribution in [0.3, 0.4) is 0 Å². The molecule has 2 aliphatic rings. The fourth-order valence-electron chi connectivity index (χ4n) is 4.88. The summed E-state index contributed by atoms with van der Waals surface area (Å²) in [7, 11) is 0. The molecule has 3 aromatic carbocycles. The molecule has 0 aromatic heterocycles. The van der Waals surface area contributed by atoms with Crippen LogP contribution in [0.2, 0.25) is 0 Å². The van der Waals surface area contributed by atoms with Crippen molar-refractivity contribution in [3.8, 4) is 0 Å². The molecule has 2 aliphatic heterocycles. The Hall–Kier alpha value is -4.01. The van der Waals surface area contributed by atoms with Crippen LogP contribution < -0.4 is 9.80 Å². The van der Waals surface area contributed by atoms with E-state index in [2.05, 4.69) is 9.89 Å². The highest BCUT2D eigenvalue weighted by Gasteiger charge is 2.38. The van der Waals surface area contributed by atoms with Crippen LogP contribution in [0.5, 0.6) is 0 Å². The number of rotatable bonds is 4. The molecule has 0 aliphatic carbocycles. The van der Waals surface area contributed by atoms with E-state index in [4.69, 9.17) is 0 Å². The van der Waals surface area contributed by atoms with Crippen molar-refractivity contribution in [2.45, 2.75) is 19.4 Å². The van der Waals surface area contributed by atoms with E-state index < -0.39 is 23.6 Å². The number of piperazine rings is 1. The normalized spacial score (nSPS) is 17.6. The van der Waals surface area contributed by atoms with Crippen LogP contribution in [0.1, 0.15) is 23.6 Å². The van der Waals surface area contributed by atoms with Crippen molar-refractivity contribution in [1.29, 1.82) is 0 Å². The maximum absolute atomic E-state index is 14.9. The fraction of sp³-hybridized carbons (Fsp3) is 0.259. The lowest BCUT2D eigenvalue weighted by molar-refractivity contribution is -0.137. The molecule has 9 heteroatoms. The van der Waals surface area contributed by atoms with E-state index in [1.54, 1.807) is 29.2 Å². The molecule has 0 saturated carbocycles. The number of fused-ring (bicyclic) bond motifs is 1. The van der Waals surface area contributed by atoms with Gasteiger partial charge in [-0.2, -0.15) is 0 Å². The first kappa shape index (κ1) is 23.7. The number of aryl methyl sites for hydroxylation is 1. The molecule has 6 nitrogen and oxygen atoms in total. The Bertz CT molecular complexity index is 1320. The third kappa shape index (κ3) is 4.48. The maximum atomic E-state index is 14.9. The Morgan fingerprint density at radius 2 is 1.61 bits per heavy atom. The summed E-state index contributed by atoms with van der Waals surface area (Å²) in [6.45, 7) is 4.01. The Morgan fingerprint density at radius 1 is 0.944 bits per heavy atom. The number of hydrogen-bond donors (Lipinski definition) is 1. The Kier molecular flexibility index (Phi) is 6.30. The third-order valence-electron chi connectivity index (χ3n) is 6.67. The molecule has 1 fully saturated rings.